The van der Waals surface area contributed by atoms with Crippen LogP contribution in [0.2, 0.25) is 0 Å². The molecule has 0 saturated carbocycles. The summed E-state index contributed by atoms with van der Waals surface area (Å²) in [7, 11) is 0. The van der Waals surface area contributed by atoms with Crippen molar-refractivity contribution in [2.45, 2.75) is 45.1 Å². The van der Waals surface area contributed by atoms with Gasteiger partial charge in [-0.15, -0.1) is 0 Å². The molecule has 0 aromatic heterocycles. The minimum atomic E-state index is -0.764. The highest BCUT2D eigenvalue weighted by molar-refractivity contribution is 6.01. The summed E-state index contributed by atoms with van der Waals surface area (Å²) in [5.41, 5.74) is 7.45. The number of aliphatic carboxylic acids is 1. The highest BCUT2D eigenvalue weighted by atomic mass is 16.6. The van der Waals surface area contributed by atoms with E-state index in [2.05, 4.69) is 40.8 Å². The number of benzene rings is 1. The number of oxime groups is 1. The van der Waals surface area contributed by atoms with E-state index in [0.29, 0.717) is 0 Å². The molecule has 0 spiro atoms. The topological polar surface area (TPSA) is 86.5 Å². The normalized spacial score (nSPS) is 19.8. The number of rotatable bonds is 9. The SMILES string of the molecule is CCCCNN=Cc1ccc(C2=NOC(C=C3CCN(CC(=O)O)CC3)C2)cc1. The Labute approximate surface area is 172 Å². The van der Waals surface area contributed by atoms with Crippen LogP contribution in [0.1, 0.15) is 50.2 Å². The average Bonchev–Trinajstić information content (AvgIpc) is 3.18. The number of likely N-dealkylation sites (tertiary alicyclic amines) is 1. The molecular formula is C22H30N4O3. The van der Waals surface area contributed by atoms with Gasteiger partial charge in [-0.3, -0.25) is 9.69 Å². The molecule has 0 aliphatic carbocycles. The number of carbonyl (C=O) groups is 1. The number of nitrogens with zero attached hydrogens (tertiary/aromatic N) is 3. The monoisotopic (exact) mass is 398 g/mol. The molecule has 2 aliphatic rings. The lowest BCUT2D eigenvalue weighted by Gasteiger charge is -2.27. The first-order valence-corrected chi connectivity index (χ1v) is 10.4. The highest BCUT2D eigenvalue weighted by Crippen LogP contribution is 2.23. The Morgan fingerprint density at radius 2 is 2.10 bits per heavy atom. The van der Waals surface area contributed by atoms with Crippen molar-refractivity contribution < 1.29 is 14.7 Å². The smallest absolute Gasteiger partial charge is 0.317 e. The number of hydrazone groups is 1. The molecule has 0 amide bonds. The standard InChI is InChI=1S/C22H30N4O3/c1-2-3-10-23-24-15-18-4-6-19(7-5-18)21-14-20(29-25-21)13-17-8-11-26(12-9-17)16-22(27)28/h4-7,13,15,20,23H,2-3,8-12,14,16H2,1H3,(H,27,28). The molecule has 1 unspecified atom stereocenters. The van der Waals surface area contributed by atoms with Crippen LogP contribution < -0.4 is 5.43 Å². The molecule has 1 saturated heterocycles. The molecule has 1 aromatic carbocycles. The lowest BCUT2D eigenvalue weighted by atomic mass is 9.98. The van der Waals surface area contributed by atoms with Gasteiger partial charge in [0.05, 0.1) is 18.5 Å². The molecule has 156 valence electrons. The van der Waals surface area contributed by atoms with Crippen LogP contribution in [0.5, 0.6) is 0 Å². The van der Waals surface area contributed by atoms with Crippen molar-refractivity contribution in [2.24, 2.45) is 10.3 Å². The van der Waals surface area contributed by atoms with Gasteiger partial charge in [0.15, 0.2) is 6.10 Å². The third-order valence-corrected chi connectivity index (χ3v) is 5.16. The molecule has 3 rings (SSSR count). The summed E-state index contributed by atoms with van der Waals surface area (Å²) in [6.45, 7) is 4.75. The van der Waals surface area contributed by atoms with E-state index < -0.39 is 5.97 Å². The third kappa shape index (κ3) is 6.71. The summed E-state index contributed by atoms with van der Waals surface area (Å²) in [5, 5.41) is 17.4. The fraction of sp³-hybridized carbons (Fsp3) is 0.500. The van der Waals surface area contributed by atoms with Gasteiger partial charge < -0.3 is 15.4 Å². The van der Waals surface area contributed by atoms with Crippen molar-refractivity contribution in [1.29, 1.82) is 0 Å². The number of unbranched alkanes of at least 4 members (excludes halogenated alkanes) is 1. The van der Waals surface area contributed by atoms with Crippen LogP contribution in [0.3, 0.4) is 0 Å². The molecule has 1 fully saturated rings. The molecule has 0 bridgehead atoms. The zero-order chi connectivity index (χ0) is 20.5. The van der Waals surface area contributed by atoms with Crippen LogP contribution >= 0.6 is 0 Å². The number of piperidine rings is 1. The fourth-order valence-corrected chi connectivity index (χ4v) is 3.48. The number of carboxylic acids is 1. The van der Waals surface area contributed by atoms with E-state index in [-0.39, 0.29) is 12.6 Å². The van der Waals surface area contributed by atoms with E-state index in [0.717, 1.165) is 68.6 Å². The maximum absolute atomic E-state index is 10.8. The zero-order valence-corrected chi connectivity index (χ0v) is 17.0. The summed E-state index contributed by atoms with van der Waals surface area (Å²) in [4.78, 5) is 18.4. The second-order valence-corrected chi connectivity index (χ2v) is 7.52. The number of nitrogens with one attached hydrogen (secondary N) is 1. The summed E-state index contributed by atoms with van der Waals surface area (Å²) in [6, 6.07) is 8.17. The van der Waals surface area contributed by atoms with Crippen LogP contribution in [0.15, 0.2) is 46.2 Å². The molecule has 7 nitrogen and oxygen atoms in total. The van der Waals surface area contributed by atoms with Gasteiger partial charge in [-0.05, 0) is 36.5 Å². The van der Waals surface area contributed by atoms with E-state index in [1.165, 1.54) is 5.57 Å². The Morgan fingerprint density at radius 3 is 2.79 bits per heavy atom. The van der Waals surface area contributed by atoms with E-state index >= 15 is 0 Å². The predicted octanol–water partition coefficient (Wildman–Crippen LogP) is 3.01. The molecule has 1 atom stereocenters. The van der Waals surface area contributed by atoms with Crippen molar-refractivity contribution in [3.05, 3.63) is 47.0 Å². The van der Waals surface area contributed by atoms with Gasteiger partial charge in [-0.2, -0.15) is 5.10 Å². The zero-order valence-electron chi connectivity index (χ0n) is 17.0. The summed E-state index contributed by atoms with van der Waals surface area (Å²) >= 11 is 0. The second-order valence-electron chi connectivity index (χ2n) is 7.52. The van der Waals surface area contributed by atoms with Gasteiger partial charge in [-0.25, -0.2) is 0 Å². The first kappa shape index (κ1) is 21.0. The van der Waals surface area contributed by atoms with E-state index in [1.807, 2.05) is 23.2 Å². The summed E-state index contributed by atoms with van der Waals surface area (Å²) in [6.07, 6.45) is 8.78. The van der Waals surface area contributed by atoms with Gasteiger partial charge >= 0.3 is 5.97 Å². The van der Waals surface area contributed by atoms with Gasteiger partial charge in [0.1, 0.15) is 0 Å². The first-order chi connectivity index (χ1) is 14.1. The maximum Gasteiger partial charge on any atom is 0.317 e. The molecule has 29 heavy (non-hydrogen) atoms. The van der Waals surface area contributed by atoms with Crippen LogP contribution in [0.25, 0.3) is 0 Å². The number of hydrogen-bond donors (Lipinski definition) is 2. The van der Waals surface area contributed by atoms with Gasteiger partial charge in [0.25, 0.3) is 0 Å². The largest absolute Gasteiger partial charge is 0.480 e. The number of hydrogen-bond acceptors (Lipinski definition) is 6. The molecule has 2 heterocycles. The second kappa shape index (κ2) is 10.8. The number of carboxylic acid groups (broad SMARTS) is 1. The quantitative estimate of drug-likeness (QED) is 0.289. The first-order valence-electron chi connectivity index (χ1n) is 10.4. The Hall–Kier alpha value is -2.67. The molecular weight excluding hydrogens is 368 g/mol. The van der Waals surface area contributed by atoms with E-state index in [4.69, 9.17) is 9.94 Å². The third-order valence-electron chi connectivity index (χ3n) is 5.16. The van der Waals surface area contributed by atoms with Crippen LogP contribution in [-0.2, 0) is 9.63 Å². The van der Waals surface area contributed by atoms with Crippen molar-refractivity contribution >= 4 is 17.9 Å². The molecule has 7 heteroatoms. The molecule has 0 radical (unpaired) electrons. The molecule has 2 aliphatic heterocycles. The Morgan fingerprint density at radius 1 is 1.34 bits per heavy atom. The van der Waals surface area contributed by atoms with Crippen LogP contribution in [0, 0.1) is 0 Å². The summed E-state index contributed by atoms with van der Waals surface area (Å²) in [5.74, 6) is -0.764. The van der Waals surface area contributed by atoms with Gasteiger partial charge in [0, 0.05) is 26.1 Å². The van der Waals surface area contributed by atoms with Crippen molar-refractivity contribution in [3.63, 3.8) is 0 Å². The highest BCUT2D eigenvalue weighted by Gasteiger charge is 2.22. The average molecular weight is 399 g/mol. The van der Waals surface area contributed by atoms with Crippen molar-refractivity contribution in [3.8, 4) is 0 Å². The molecule has 2 N–H and O–H groups in total. The lowest BCUT2D eigenvalue weighted by molar-refractivity contribution is -0.138. The fourth-order valence-electron chi connectivity index (χ4n) is 3.48. The van der Waals surface area contributed by atoms with Crippen LogP contribution in [-0.4, -0.2) is 60.2 Å². The predicted molar refractivity (Wildman–Crippen MR) is 114 cm³/mol. The molecule has 1 aromatic rings. The van der Waals surface area contributed by atoms with Crippen molar-refractivity contribution in [2.75, 3.05) is 26.2 Å². The Bertz CT molecular complexity index is 761. The van der Waals surface area contributed by atoms with Crippen molar-refractivity contribution in [1.82, 2.24) is 10.3 Å². The van der Waals surface area contributed by atoms with E-state index in [9.17, 15) is 4.79 Å². The lowest BCUT2D eigenvalue weighted by Crippen LogP contribution is -2.35. The van der Waals surface area contributed by atoms with Gasteiger partial charge in [-0.1, -0.05) is 48.3 Å². The summed E-state index contributed by atoms with van der Waals surface area (Å²) < 4.78 is 0. The minimum Gasteiger partial charge on any atom is -0.480 e. The Kier molecular flexibility index (Phi) is 7.81. The minimum absolute atomic E-state index is 0.0324. The van der Waals surface area contributed by atoms with E-state index in [1.54, 1.807) is 0 Å². The van der Waals surface area contributed by atoms with Crippen LogP contribution in [0.4, 0.5) is 0 Å². The maximum atomic E-state index is 10.8. The Balaban J connectivity index is 1.46. The van der Waals surface area contributed by atoms with Gasteiger partial charge in [0.2, 0.25) is 0 Å².